The number of pyridine rings is 1. The Kier molecular flexibility index (Phi) is 4.76. The third kappa shape index (κ3) is 4.24. The second-order valence-electron chi connectivity index (χ2n) is 4.78. The van der Waals surface area contributed by atoms with Crippen LogP contribution in [-0.2, 0) is 12.3 Å². The molecule has 4 nitrogen and oxygen atoms in total. The lowest BCUT2D eigenvalue weighted by Crippen LogP contribution is -2.18. The van der Waals surface area contributed by atoms with Gasteiger partial charge in [-0.15, -0.1) is 0 Å². The first-order chi connectivity index (χ1) is 10.3. The average Bonchev–Trinajstić information content (AvgIpc) is 2.81. The predicted octanol–water partition coefficient (Wildman–Crippen LogP) is 3.62. The molecule has 0 N–H and O–H groups in total. The van der Waals surface area contributed by atoms with Crippen molar-refractivity contribution < 1.29 is 13.2 Å². The van der Waals surface area contributed by atoms with Crippen LogP contribution in [0, 0.1) is 25.2 Å². The van der Waals surface area contributed by atoms with Crippen LogP contribution in [0.25, 0.3) is 0 Å². The van der Waals surface area contributed by atoms with Gasteiger partial charge >= 0.3 is 6.18 Å². The molecule has 0 aliphatic carbocycles. The summed E-state index contributed by atoms with van der Waals surface area (Å²) in [5.74, 6) is 0.357. The van der Waals surface area contributed by atoms with Crippen LogP contribution >= 0.6 is 11.8 Å². The molecule has 0 bridgehead atoms. The van der Waals surface area contributed by atoms with E-state index in [1.807, 2.05) is 19.9 Å². The number of thioether (sulfide) groups is 1. The molecular formula is C14H13F3N4S. The van der Waals surface area contributed by atoms with Crippen molar-refractivity contribution in [2.24, 2.45) is 0 Å². The van der Waals surface area contributed by atoms with Crippen LogP contribution in [0.4, 0.5) is 13.2 Å². The minimum Gasteiger partial charge on any atom is -0.263 e. The Morgan fingerprint density at radius 3 is 2.73 bits per heavy atom. The summed E-state index contributed by atoms with van der Waals surface area (Å²) >= 11 is 1.29. The molecule has 116 valence electrons. The van der Waals surface area contributed by atoms with E-state index in [4.69, 9.17) is 0 Å². The number of alkyl halides is 3. The fourth-order valence-electron chi connectivity index (χ4n) is 1.94. The molecule has 2 aromatic rings. The van der Waals surface area contributed by atoms with Crippen LogP contribution in [0.1, 0.15) is 22.5 Å². The van der Waals surface area contributed by atoms with E-state index < -0.39 is 12.7 Å². The Balaban J connectivity index is 2.10. The second-order valence-corrected chi connectivity index (χ2v) is 5.75. The summed E-state index contributed by atoms with van der Waals surface area (Å²) in [6, 6.07) is 5.46. The van der Waals surface area contributed by atoms with Gasteiger partial charge in [0, 0.05) is 17.6 Å². The zero-order valence-electron chi connectivity index (χ0n) is 12.0. The number of aromatic nitrogens is 3. The first-order valence-electron chi connectivity index (χ1n) is 6.39. The first kappa shape index (κ1) is 16.4. The van der Waals surface area contributed by atoms with Crippen molar-refractivity contribution in [2.45, 2.75) is 37.3 Å². The van der Waals surface area contributed by atoms with Gasteiger partial charge < -0.3 is 0 Å². The summed E-state index contributed by atoms with van der Waals surface area (Å²) in [6.07, 6.45) is -3.00. The Hall–Kier alpha value is -2.01. The second kappa shape index (κ2) is 6.40. The molecule has 0 unspecified atom stereocenters. The summed E-state index contributed by atoms with van der Waals surface area (Å²) in [7, 11) is 0. The number of nitrogens with zero attached hydrogens (tertiary/aromatic N) is 4. The minimum atomic E-state index is -4.29. The molecule has 2 rings (SSSR count). The molecule has 0 fully saturated rings. The van der Waals surface area contributed by atoms with E-state index in [0.717, 1.165) is 15.9 Å². The Morgan fingerprint density at radius 2 is 2.09 bits per heavy atom. The van der Waals surface area contributed by atoms with E-state index in [1.54, 1.807) is 0 Å². The van der Waals surface area contributed by atoms with E-state index in [0.29, 0.717) is 22.0 Å². The summed E-state index contributed by atoms with van der Waals surface area (Å²) in [5.41, 5.74) is 2.63. The van der Waals surface area contributed by atoms with Crippen LogP contribution < -0.4 is 0 Å². The lowest BCUT2D eigenvalue weighted by atomic mass is 10.1. The lowest BCUT2D eigenvalue weighted by Gasteiger charge is -2.07. The van der Waals surface area contributed by atoms with Crippen LogP contribution in [0.3, 0.4) is 0 Å². The summed E-state index contributed by atoms with van der Waals surface area (Å²) in [6.45, 7) is 2.55. The van der Waals surface area contributed by atoms with Gasteiger partial charge in [-0.2, -0.15) is 23.5 Å². The average molecular weight is 326 g/mol. The van der Waals surface area contributed by atoms with Crippen molar-refractivity contribution in [3.8, 4) is 6.07 Å². The third-order valence-corrected chi connectivity index (χ3v) is 3.83. The highest BCUT2D eigenvalue weighted by molar-refractivity contribution is 7.98. The molecule has 0 aromatic carbocycles. The number of aryl methyl sites for hydroxylation is 2. The number of nitriles is 1. The molecule has 0 aliphatic heterocycles. The van der Waals surface area contributed by atoms with Gasteiger partial charge in [0.1, 0.15) is 17.6 Å². The molecule has 0 atom stereocenters. The molecule has 0 saturated carbocycles. The fourth-order valence-corrected chi connectivity index (χ4v) is 2.94. The van der Waals surface area contributed by atoms with E-state index in [9.17, 15) is 18.4 Å². The molecule has 2 aromatic heterocycles. The first-order valence-corrected chi connectivity index (χ1v) is 7.37. The zero-order valence-corrected chi connectivity index (χ0v) is 12.8. The molecule has 0 saturated heterocycles. The van der Waals surface area contributed by atoms with E-state index >= 15 is 0 Å². The monoisotopic (exact) mass is 326 g/mol. The normalized spacial score (nSPS) is 11.5. The van der Waals surface area contributed by atoms with E-state index in [-0.39, 0.29) is 0 Å². The molecule has 0 spiro atoms. The Labute approximate surface area is 130 Å². The standard InChI is InChI=1S/C14H13F3N4S/c1-9-5-10(2)19-13(12(9)6-18)22-7-11-3-4-21(20-11)8-14(15,16)17/h3-5H,7-8H2,1-2H3. The largest absolute Gasteiger partial charge is 0.408 e. The van der Waals surface area contributed by atoms with Crippen molar-refractivity contribution >= 4 is 11.8 Å². The SMILES string of the molecule is Cc1cc(C)c(C#N)c(SCc2ccn(CC(F)(F)F)n2)n1. The Bertz CT molecular complexity index is 716. The van der Waals surface area contributed by atoms with E-state index in [1.165, 1.54) is 24.0 Å². The van der Waals surface area contributed by atoms with Gasteiger partial charge in [0.05, 0.1) is 11.3 Å². The van der Waals surface area contributed by atoms with Gasteiger partial charge in [-0.25, -0.2) is 4.98 Å². The van der Waals surface area contributed by atoms with Crippen molar-refractivity contribution in [3.05, 3.63) is 40.8 Å². The smallest absolute Gasteiger partial charge is 0.263 e. The molecule has 8 heteroatoms. The Morgan fingerprint density at radius 1 is 1.36 bits per heavy atom. The van der Waals surface area contributed by atoms with Gasteiger partial charge in [-0.3, -0.25) is 4.68 Å². The predicted molar refractivity (Wildman–Crippen MR) is 76.3 cm³/mol. The van der Waals surface area contributed by atoms with Crippen molar-refractivity contribution in [1.82, 2.24) is 14.8 Å². The lowest BCUT2D eigenvalue weighted by molar-refractivity contribution is -0.142. The molecule has 0 aliphatic rings. The zero-order chi connectivity index (χ0) is 16.3. The van der Waals surface area contributed by atoms with E-state index in [2.05, 4.69) is 16.2 Å². The van der Waals surface area contributed by atoms with Gasteiger partial charge in [-0.1, -0.05) is 11.8 Å². The molecule has 2 heterocycles. The van der Waals surface area contributed by atoms with Gasteiger partial charge in [0.15, 0.2) is 0 Å². The van der Waals surface area contributed by atoms with Crippen LogP contribution in [0.15, 0.2) is 23.4 Å². The highest BCUT2D eigenvalue weighted by atomic mass is 32.2. The number of hydrogen-bond acceptors (Lipinski definition) is 4. The van der Waals surface area contributed by atoms with Gasteiger partial charge in [0.2, 0.25) is 0 Å². The number of rotatable bonds is 4. The van der Waals surface area contributed by atoms with Gasteiger partial charge in [-0.05, 0) is 31.5 Å². The summed E-state index contributed by atoms with van der Waals surface area (Å²) in [4.78, 5) is 4.31. The maximum Gasteiger partial charge on any atom is 0.408 e. The van der Waals surface area contributed by atoms with Crippen LogP contribution in [0.5, 0.6) is 0 Å². The molecule has 0 radical (unpaired) electrons. The van der Waals surface area contributed by atoms with Crippen LogP contribution in [0.2, 0.25) is 0 Å². The fraction of sp³-hybridized carbons (Fsp3) is 0.357. The summed E-state index contributed by atoms with van der Waals surface area (Å²) in [5, 5.41) is 13.6. The maximum absolute atomic E-state index is 12.3. The maximum atomic E-state index is 12.3. The number of halogens is 3. The quantitative estimate of drug-likeness (QED) is 0.805. The van der Waals surface area contributed by atoms with Crippen LogP contribution in [-0.4, -0.2) is 20.9 Å². The highest BCUT2D eigenvalue weighted by Crippen LogP contribution is 2.26. The summed E-state index contributed by atoms with van der Waals surface area (Å²) < 4.78 is 37.7. The highest BCUT2D eigenvalue weighted by Gasteiger charge is 2.28. The minimum absolute atomic E-state index is 0.357. The number of hydrogen-bond donors (Lipinski definition) is 0. The third-order valence-electron chi connectivity index (χ3n) is 2.82. The molecular weight excluding hydrogens is 313 g/mol. The molecule has 0 amide bonds. The molecule has 22 heavy (non-hydrogen) atoms. The van der Waals surface area contributed by atoms with Crippen molar-refractivity contribution in [2.75, 3.05) is 0 Å². The van der Waals surface area contributed by atoms with Gasteiger partial charge in [0.25, 0.3) is 0 Å². The van der Waals surface area contributed by atoms with Crippen molar-refractivity contribution in [3.63, 3.8) is 0 Å². The topological polar surface area (TPSA) is 54.5 Å². The van der Waals surface area contributed by atoms with Crippen molar-refractivity contribution in [1.29, 1.82) is 5.26 Å².